The van der Waals surface area contributed by atoms with Gasteiger partial charge in [0.1, 0.15) is 17.0 Å². The molecule has 3 nitrogen and oxygen atoms in total. The summed E-state index contributed by atoms with van der Waals surface area (Å²) in [4.78, 5) is 0. The van der Waals surface area contributed by atoms with E-state index in [0.717, 1.165) is 4.68 Å². The first kappa shape index (κ1) is 9.82. The van der Waals surface area contributed by atoms with Crippen molar-refractivity contribution in [3.05, 3.63) is 23.9 Å². The third kappa shape index (κ3) is 1.42. The highest BCUT2D eigenvalue weighted by Crippen LogP contribution is 2.36. The molecule has 1 N–H and O–H groups in total. The molecule has 80 valence electrons. The van der Waals surface area contributed by atoms with E-state index in [0.29, 0.717) is 0 Å². The molecule has 0 amide bonds. The average Bonchev–Trinajstić information content (AvgIpc) is 2.41. The monoisotopic (exact) mass is 216 g/mol. The maximum absolute atomic E-state index is 12.6. The summed E-state index contributed by atoms with van der Waals surface area (Å²) >= 11 is 0. The van der Waals surface area contributed by atoms with Crippen molar-refractivity contribution >= 4 is 10.9 Å². The topological polar surface area (TPSA) is 38.0 Å². The van der Waals surface area contributed by atoms with E-state index in [1.54, 1.807) is 0 Å². The summed E-state index contributed by atoms with van der Waals surface area (Å²) in [5.41, 5.74) is -0.888. The molecule has 1 aromatic heterocycles. The van der Waals surface area contributed by atoms with Gasteiger partial charge in [0.05, 0.1) is 0 Å². The Labute approximate surface area is 82.7 Å². The highest BCUT2D eigenvalue weighted by molar-refractivity contribution is 5.87. The molecule has 0 saturated heterocycles. The number of halogens is 3. The number of rotatable bonds is 0. The summed E-state index contributed by atoms with van der Waals surface area (Å²) < 4.78 is 38.5. The zero-order valence-corrected chi connectivity index (χ0v) is 7.71. The fourth-order valence-corrected chi connectivity index (χ4v) is 1.54. The number of hydrogen-bond acceptors (Lipinski definition) is 2. The van der Waals surface area contributed by atoms with Gasteiger partial charge < -0.3 is 5.11 Å². The van der Waals surface area contributed by atoms with Gasteiger partial charge in [-0.3, -0.25) is 4.68 Å². The van der Waals surface area contributed by atoms with Crippen molar-refractivity contribution in [1.29, 1.82) is 0 Å². The second-order valence-electron chi connectivity index (χ2n) is 3.14. The van der Waals surface area contributed by atoms with Crippen LogP contribution in [0.15, 0.2) is 18.2 Å². The van der Waals surface area contributed by atoms with Crippen LogP contribution in [0.3, 0.4) is 0 Å². The van der Waals surface area contributed by atoms with Crippen molar-refractivity contribution in [3.8, 4) is 5.75 Å². The van der Waals surface area contributed by atoms with Gasteiger partial charge in [0.25, 0.3) is 0 Å². The Kier molecular flexibility index (Phi) is 1.89. The van der Waals surface area contributed by atoms with Gasteiger partial charge >= 0.3 is 6.18 Å². The molecule has 0 aliphatic rings. The van der Waals surface area contributed by atoms with E-state index >= 15 is 0 Å². The molecule has 1 heterocycles. The Morgan fingerprint density at radius 3 is 2.60 bits per heavy atom. The number of phenols is 1. The van der Waals surface area contributed by atoms with Crippen LogP contribution in [0.2, 0.25) is 0 Å². The van der Waals surface area contributed by atoms with E-state index in [1.165, 1.54) is 25.2 Å². The number of nitrogens with zero attached hydrogens (tertiary/aromatic N) is 2. The number of alkyl halides is 3. The summed E-state index contributed by atoms with van der Waals surface area (Å²) in [6, 6.07) is 3.94. The molecular weight excluding hydrogens is 209 g/mol. The lowest BCUT2D eigenvalue weighted by Crippen LogP contribution is -2.11. The number of phenolic OH excluding ortho intramolecular Hbond substituents is 1. The molecule has 0 saturated carbocycles. The average molecular weight is 216 g/mol. The number of hydrogen-bond donors (Lipinski definition) is 1. The van der Waals surface area contributed by atoms with Crippen molar-refractivity contribution in [3.63, 3.8) is 0 Å². The van der Waals surface area contributed by atoms with Gasteiger partial charge in [-0.15, -0.1) is 0 Å². The van der Waals surface area contributed by atoms with Gasteiger partial charge in [0, 0.05) is 12.4 Å². The molecule has 0 radical (unpaired) electrons. The van der Waals surface area contributed by atoms with Gasteiger partial charge in [-0.1, -0.05) is 12.1 Å². The van der Waals surface area contributed by atoms with Gasteiger partial charge in [-0.05, 0) is 6.07 Å². The molecule has 0 atom stereocenters. The van der Waals surface area contributed by atoms with E-state index in [9.17, 15) is 18.3 Å². The Morgan fingerprint density at radius 2 is 2.00 bits per heavy atom. The molecule has 0 aliphatic carbocycles. The number of aromatic hydroxyl groups is 1. The Hall–Kier alpha value is -1.72. The minimum Gasteiger partial charge on any atom is -0.506 e. The van der Waals surface area contributed by atoms with E-state index in [-0.39, 0.29) is 16.7 Å². The second-order valence-corrected chi connectivity index (χ2v) is 3.14. The molecule has 2 aromatic rings. The summed E-state index contributed by atoms with van der Waals surface area (Å²) in [5, 5.41) is 12.9. The quantitative estimate of drug-likeness (QED) is 0.733. The first-order valence-corrected chi connectivity index (χ1v) is 4.13. The molecular formula is C9H7F3N2O. The molecule has 2 rings (SSSR count). The number of aromatic nitrogens is 2. The summed E-state index contributed by atoms with van der Waals surface area (Å²) in [5.74, 6) is -0.251. The predicted octanol–water partition coefficient (Wildman–Crippen LogP) is 2.30. The molecule has 0 unspecified atom stereocenters. The fourth-order valence-electron chi connectivity index (χ4n) is 1.54. The van der Waals surface area contributed by atoms with Gasteiger partial charge in [-0.25, -0.2) is 0 Å². The smallest absolute Gasteiger partial charge is 0.433 e. The third-order valence-electron chi connectivity index (χ3n) is 2.11. The first-order valence-electron chi connectivity index (χ1n) is 4.13. The zero-order chi connectivity index (χ0) is 11.2. The SMILES string of the molecule is Cn1nc2c(O)cccc2c1C(F)(F)F. The highest BCUT2D eigenvalue weighted by atomic mass is 19.4. The molecule has 15 heavy (non-hydrogen) atoms. The van der Waals surface area contributed by atoms with E-state index in [2.05, 4.69) is 5.10 Å². The van der Waals surface area contributed by atoms with Crippen LogP contribution in [0.25, 0.3) is 10.9 Å². The Morgan fingerprint density at radius 1 is 1.33 bits per heavy atom. The minimum atomic E-state index is -4.47. The molecule has 1 aromatic carbocycles. The van der Waals surface area contributed by atoms with Crippen LogP contribution in [0.4, 0.5) is 13.2 Å². The van der Waals surface area contributed by atoms with Crippen molar-refractivity contribution in [1.82, 2.24) is 9.78 Å². The molecule has 0 aliphatic heterocycles. The largest absolute Gasteiger partial charge is 0.506 e. The van der Waals surface area contributed by atoms with Crippen LogP contribution >= 0.6 is 0 Å². The standard InChI is InChI=1S/C9H7F3N2O/c1-14-8(9(10,11)12)5-3-2-4-6(15)7(5)13-14/h2-4,15H,1H3. The van der Waals surface area contributed by atoms with Gasteiger partial charge in [0.15, 0.2) is 0 Å². The Bertz CT molecular complexity index is 516. The van der Waals surface area contributed by atoms with E-state index < -0.39 is 11.9 Å². The second kappa shape index (κ2) is 2.88. The van der Waals surface area contributed by atoms with Crippen LogP contribution in [0, 0.1) is 0 Å². The first-order chi connectivity index (χ1) is 6.91. The van der Waals surface area contributed by atoms with Crippen LogP contribution in [-0.4, -0.2) is 14.9 Å². The predicted molar refractivity (Wildman–Crippen MR) is 47.4 cm³/mol. The lowest BCUT2D eigenvalue weighted by molar-refractivity contribution is -0.142. The number of aryl methyl sites for hydroxylation is 1. The summed E-state index contributed by atoms with van der Waals surface area (Å²) in [7, 11) is 1.20. The third-order valence-corrected chi connectivity index (χ3v) is 2.11. The van der Waals surface area contributed by atoms with Crippen LogP contribution in [-0.2, 0) is 13.2 Å². The minimum absolute atomic E-state index is 0.0349. The van der Waals surface area contributed by atoms with E-state index in [1.807, 2.05) is 0 Å². The lowest BCUT2D eigenvalue weighted by Gasteiger charge is -2.06. The fraction of sp³-hybridized carbons (Fsp3) is 0.222. The molecule has 0 fully saturated rings. The molecule has 6 heteroatoms. The number of benzene rings is 1. The van der Waals surface area contributed by atoms with Crippen molar-refractivity contribution in [2.45, 2.75) is 6.18 Å². The van der Waals surface area contributed by atoms with Gasteiger partial charge in [0.2, 0.25) is 0 Å². The van der Waals surface area contributed by atoms with Crippen molar-refractivity contribution < 1.29 is 18.3 Å². The zero-order valence-electron chi connectivity index (χ0n) is 7.71. The van der Waals surface area contributed by atoms with Gasteiger partial charge in [-0.2, -0.15) is 18.3 Å². The van der Waals surface area contributed by atoms with Crippen molar-refractivity contribution in [2.75, 3.05) is 0 Å². The molecule has 0 spiro atoms. The lowest BCUT2D eigenvalue weighted by atomic mass is 10.2. The highest BCUT2D eigenvalue weighted by Gasteiger charge is 2.37. The van der Waals surface area contributed by atoms with Crippen molar-refractivity contribution in [2.24, 2.45) is 7.05 Å². The summed E-state index contributed by atoms with van der Waals surface area (Å²) in [6.45, 7) is 0. The van der Waals surface area contributed by atoms with Crippen LogP contribution < -0.4 is 0 Å². The number of fused-ring (bicyclic) bond motifs is 1. The van der Waals surface area contributed by atoms with Crippen LogP contribution in [0.5, 0.6) is 5.75 Å². The Balaban J connectivity index is 2.86. The molecule has 0 bridgehead atoms. The summed E-state index contributed by atoms with van der Waals surface area (Å²) in [6.07, 6.45) is -4.47. The maximum Gasteiger partial charge on any atom is 0.433 e. The van der Waals surface area contributed by atoms with E-state index in [4.69, 9.17) is 0 Å². The maximum atomic E-state index is 12.6. The normalized spacial score (nSPS) is 12.3. The van der Waals surface area contributed by atoms with Crippen LogP contribution in [0.1, 0.15) is 5.69 Å².